The summed E-state index contributed by atoms with van der Waals surface area (Å²) in [4.78, 5) is 12.0. The molecule has 1 aromatic rings. The van der Waals surface area contributed by atoms with Crippen molar-refractivity contribution in [3.63, 3.8) is 0 Å². The number of amides is 1. The molecule has 2 aliphatic heterocycles. The van der Waals surface area contributed by atoms with Crippen molar-refractivity contribution in [1.82, 2.24) is 0 Å². The van der Waals surface area contributed by atoms with Crippen LogP contribution in [0.2, 0.25) is 0 Å². The van der Waals surface area contributed by atoms with Crippen LogP contribution in [0.5, 0.6) is 5.75 Å². The summed E-state index contributed by atoms with van der Waals surface area (Å²) in [7, 11) is 0. The van der Waals surface area contributed by atoms with Crippen LogP contribution in [0.25, 0.3) is 0 Å². The molecular formula is C14H17NO3. The van der Waals surface area contributed by atoms with Crippen molar-refractivity contribution in [2.75, 3.05) is 18.5 Å². The number of hydrogen-bond acceptors (Lipinski definition) is 3. The van der Waals surface area contributed by atoms with Crippen LogP contribution in [0.4, 0.5) is 5.69 Å². The zero-order valence-corrected chi connectivity index (χ0v) is 10.6. The number of ether oxygens (including phenoxy) is 2. The predicted octanol–water partition coefficient (Wildman–Crippen LogP) is 2.16. The molecule has 3 rings (SSSR count). The van der Waals surface area contributed by atoms with E-state index in [1.54, 1.807) is 0 Å². The lowest BCUT2D eigenvalue weighted by atomic mass is 9.89. The molecule has 1 aromatic carbocycles. The monoisotopic (exact) mass is 247 g/mol. The summed E-state index contributed by atoms with van der Waals surface area (Å²) in [6.07, 6.45) is 0.225. The van der Waals surface area contributed by atoms with E-state index in [0.717, 1.165) is 23.6 Å². The number of fused-ring (bicyclic) bond motifs is 1. The Hall–Kier alpha value is -1.55. The van der Waals surface area contributed by atoms with Crippen LogP contribution in [0.3, 0.4) is 0 Å². The first-order chi connectivity index (χ1) is 8.66. The van der Waals surface area contributed by atoms with Gasteiger partial charge in [-0.15, -0.1) is 0 Å². The Morgan fingerprint density at radius 1 is 1.50 bits per heavy atom. The number of hydrogen-bond donors (Lipinski definition) is 1. The molecule has 0 saturated carbocycles. The van der Waals surface area contributed by atoms with Gasteiger partial charge in [0.25, 0.3) is 0 Å². The number of benzene rings is 1. The second-order valence-electron chi connectivity index (χ2n) is 5.19. The fraction of sp³-hybridized carbons (Fsp3) is 0.500. The van der Waals surface area contributed by atoms with Gasteiger partial charge in [-0.05, 0) is 18.1 Å². The van der Waals surface area contributed by atoms with E-state index < -0.39 is 0 Å². The summed E-state index contributed by atoms with van der Waals surface area (Å²) < 4.78 is 10.9. The molecule has 2 aliphatic rings. The van der Waals surface area contributed by atoms with Crippen LogP contribution in [0, 0.1) is 5.92 Å². The van der Waals surface area contributed by atoms with Crippen LogP contribution >= 0.6 is 0 Å². The Morgan fingerprint density at radius 3 is 2.94 bits per heavy atom. The van der Waals surface area contributed by atoms with Gasteiger partial charge in [0.2, 0.25) is 5.91 Å². The first-order valence-corrected chi connectivity index (χ1v) is 6.35. The smallest absolute Gasteiger partial charge is 0.232 e. The quantitative estimate of drug-likeness (QED) is 0.829. The molecular weight excluding hydrogens is 230 g/mol. The lowest BCUT2D eigenvalue weighted by Gasteiger charge is -2.16. The van der Waals surface area contributed by atoms with E-state index in [2.05, 4.69) is 19.2 Å². The molecule has 4 heteroatoms. The highest BCUT2D eigenvalue weighted by Crippen LogP contribution is 2.43. The summed E-state index contributed by atoms with van der Waals surface area (Å²) in [5.74, 6) is 1.02. The number of carbonyl (C=O) groups is 1. The maximum atomic E-state index is 12.0. The highest BCUT2D eigenvalue weighted by Gasteiger charge is 2.36. The minimum Gasteiger partial charge on any atom is -0.490 e. The average Bonchev–Trinajstić information content (AvgIpc) is 3.07. The summed E-state index contributed by atoms with van der Waals surface area (Å²) in [5, 5.41) is 2.92. The van der Waals surface area contributed by atoms with Crippen molar-refractivity contribution in [3.8, 4) is 5.75 Å². The highest BCUT2D eigenvalue weighted by atomic mass is 16.6. The zero-order chi connectivity index (χ0) is 12.7. The SMILES string of the molecule is CC(C)C1C(=O)Nc2cccc(OC[C@@H]3CO3)c21. The van der Waals surface area contributed by atoms with Crippen molar-refractivity contribution >= 4 is 11.6 Å². The molecule has 1 saturated heterocycles. The molecule has 4 nitrogen and oxygen atoms in total. The van der Waals surface area contributed by atoms with Gasteiger partial charge in [0.15, 0.2) is 0 Å². The van der Waals surface area contributed by atoms with E-state index >= 15 is 0 Å². The van der Waals surface area contributed by atoms with E-state index in [-0.39, 0.29) is 23.8 Å². The number of epoxide rings is 1. The van der Waals surface area contributed by atoms with Gasteiger partial charge in [-0.2, -0.15) is 0 Å². The Balaban J connectivity index is 1.91. The summed E-state index contributed by atoms with van der Waals surface area (Å²) >= 11 is 0. The largest absolute Gasteiger partial charge is 0.490 e. The molecule has 0 aromatic heterocycles. The Morgan fingerprint density at radius 2 is 2.28 bits per heavy atom. The molecule has 1 N–H and O–H groups in total. The molecule has 2 atom stereocenters. The fourth-order valence-corrected chi connectivity index (χ4v) is 2.42. The standard InChI is InChI=1S/C14H17NO3/c1-8(2)12-13-10(15-14(12)16)4-3-5-11(13)18-7-9-6-17-9/h3-5,8-9,12H,6-7H2,1-2H3,(H,15,16)/t9-,12?/m0/s1. The Bertz CT molecular complexity index is 480. The third-order valence-electron chi connectivity index (χ3n) is 3.41. The van der Waals surface area contributed by atoms with Crippen LogP contribution < -0.4 is 10.1 Å². The van der Waals surface area contributed by atoms with E-state index in [0.29, 0.717) is 6.61 Å². The minimum absolute atomic E-state index is 0.0683. The van der Waals surface area contributed by atoms with Crippen molar-refractivity contribution in [2.45, 2.75) is 25.9 Å². The van der Waals surface area contributed by atoms with Crippen molar-refractivity contribution < 1.29 is 14.3 Å². The van der Waals surface area contributed by atoms with Crippen LogP contribution in [-0.4, -0.2) is 25.2 Å². The lowest BCUT2D eigenvalue weighted by Crippen LogP contribution is -2.17. The number of anilines is 1. The normalized spacial score (nSPS) is 24.9. The van der Waals surface area contributed by atoms with Crippen LogP contribution in [-0.2, 0) is 9.53 Å². The summed E-state index contributed by atoms with van der Waals surface area (Å²) in [5.41, 5.74) is 1.88. The summed E-state index contributed by atoms with van der Waals surface area (Å²) in [6.45, 7) is 5.45. The minimum atomic E-state index is -0.115. The van der Waals surface area contributed by atoms with Gasteiger partial charge in [0.1, 0.15) is 18.5 Å². The molecule has 0 radical (unpaired) electrons. The van der Waals surface area contributed by atoms with Gasteiger partial charge >= 0.3 is 0 Å². The van der Waals surface area contributed by atoms with Gasteiger partial charge in [-0.1, -0.05) is 19.9 Å². The molecule has 1 amide bonds. The zero-order valence-electron chi connectivity index (χ0n) is 10.6. The third kappa shape index (κ3) is 1.97. The van der Waals surface area contributed by atoms with Gasteiger partial charge in [-0.3, -0.25) is 4.79 Å². The number of carbonyl (C=O) groups excluding carboxylic acids is 1. The number of rotatable bonds is 4. The van der Waals surface area contributed by atoms with Gasteiger partial charge < -0.3 is 14.8 Å². The van der Waals surface area contributed by atoms with E-state index in [1.807, 2.05) is 18.2 Å². The lowest BCUT2D eigenvalue weighted by molar-refractivity contribution is -0.117. The molecule has 2 heterocycles. The van der Waals surface area contributed by atoms with Gasteiger partial charge in [0.05, 0.1) is 12.5 Å². The molecule has 18 heavy (non-hydrogen) atoms. The molecule has 1 fully saturated rings. The topological polar surface area (TPSA) is 50.9 Å². The maximum Gasteiger partial charge on any atom is 0.232 e. The first-order valence-electron chi connectivity index (χ1n) is 6.35. The van der Waals surface area contributed by atoms with Crippen molar-refractivity contribution in [3.05, 3.63) is 23.8 Å². The van der Waals surface area contributed by atoms with Crippen molar-refractivity contribution in [2.24, 2.45) is 5.92 Å². The molecule has 96 valence electrons. The maximum absolute atomic E-state index is 12.0. The van der Waals surface area contributed by atoms with E-state index in [9.17, 15) is 4.79 Å². The summed E-state index contributed by atoms with van der Waals surface area (Å²) in [6, 6.07) is 5.76. The molecule has 0 bridgehead atoms. The number of nitrogens with one attached hydrogen (secondary N) is 1. The first kappa shape index (κ1) is 11.5. The van der Waals surface area contributed by atoms with Crippen molar-refractivity contribution in [1.29, 1.82) is 0 Å². The second-order valence-corrected chi connectivity index (χ2v) is 5.19. The van der Waals surface area contributed by atoms with E-state index in [4.69, 9.17) is 9.47 Å². The molecule has 0 aliphatic carbocycles. The van der Waals surface area contributed by atoms with Gasteiger partial charge in [-0.25, -0.2) is 0 Å². The average molecular weight is 247 g/mol. The molecule has 0 spiro atoms. The predicted molar refractivity (Wildman–Crippen MR) is 67.9 cm³/mol. The highest BCUT2D eigenvalue weighted by molar-refractivity contribution is 6.04. The van der Waals surface area contributed by atoms with Gasteiger partial charge in [0, 0.05) is 11.3 Å². The third-order valence-corrected chi connectivity index (χ3v) is 3.41. The second kappa shape index (κ2) is 4.28. The van der Waals surface area contributed by atoms with Crippen LogP contribution in [0.15, 0.2) is 18.2 Å². The van der Waals surface area contributed by atoms with E-state index in [1.165, 1.54) is 0 Å². The molecule has 1 unspecified atom stereocenters. The Labute approximate surface area is 106 Å². The van der Waals surface area contributed by atoms with Crippen LogP contribution in [0.1, 0.15) is 25.3 Å². The fourth-order valence-electron chi connectivity index (χ4n) is 2.42. The Kier molecular flexibility index (Phi) is 2.74.